The number of amides is 1. The summed E-state index contributed by atoms with van der Waals surface area (Å²) in [5.74, 6) is -1.28. The molecular formula is C9H18N2O3. The number of carboxylic acid groups (broad SMARTS) is 1. The minimum absolute atomic E-state index is 0.0988. The zero-order valence-electron chi connectivity index (χ0n) is 9.07. The van der Waals surface area contributed by atoms with Gasteiger partial charge in [0.1, 0.15) is 6.04 Å². The molecule has 0 saturated heterocycles. The third-order valence-corrected chi connectivity index (χ3v) is 2.02. The van der Waals surface area contributed by atoms with E-state index in [0.29, 0.717) is 0 Å². The van der Waals surface area contributed by atoms with Crippen LogP contribution in [0.15, 0.2) is 0 Å². The summed E-state index contributed by atoms with van der Waals surface area (Å²) >= 11 is 0. The Labute approximate surface area is 84.1 Å². The molecule has 0 aromatic rings. The van der Waals surface area contributed by atoms with Crippen LogP contribution in [0.1, 0.15) is 13.8 Å². The molecule has 0 rings (SSSR count). The average Bonchev–Trinajstić information content (AvgIpc) is 2.03. The van der Waals surface area contributed by atoms with Gasteiger partial charge in [-0.1, -0.05) is 13.8 Å². The van der Waals surface area contributed by atoms with Gasteiger partial charge in [0.05, 0.1) is 6.54 Å². The van der Waals surface area contributed by atoms with E-state index in [1.165, 1.54) is 11.9 Å². The van der Waals surface area contributed by atoms with Gasteiger partial charge in [-0.2, -0.15) is 0 Å². The maximum absolute atomic E-state index is 11.4. The topological polar surface area (TPSA) is 69.6 Å². The number of carbonyl (C=O) groups excluding carboxylic acids is 1. The highest BCUT2D eigenvalue weighted by Crippen LogP contribution is 2.09. The number of likely N-dealkylation sites (N-methyl/N-ethyl adjacent to an activating group) is 2. The Morgan fingerprint density at radius 3 is 2.21 bits per heavy atom. The summed E-state index contributed by atoms with van der Waals surface area (Å²) in [6.07, 6.45) is 0. The highest BCUT2D eigenvalue weighted by Gasteiger charge is 2.28. The summed E-state index contributed by atoms with van der Waals surface area (Å²) < 4.78 is 0. The van der Waals surface area contributed by atoms with Crippen LogP contribution in [-0.4, -0.2) is 48.6 Å². The van der Waals surface area contributed by atoms with Crippen LogP contribution in [0.4, 0.5) is 0 Å². The number of carbonyl (C=O) groups is 2. The van der Waals surface area contributed by atoms with Crippen LogP contribution in [0.25, 0.3) is 0 Å². The van der Waals surface area contributed by atoms with Crippen molar-refractivity contribution in [1.82, 2.24) is 10.2 Å². The van der Waals surface area contributed by atoms with E-state index >= 15 is 0 Å². The summed E-state index contributed by atoms with van der Waals surface area (Å²) in [6, 6.07) is -0.754. The Kier molecular flexibility index (Phi) is 5.15. The SMILES string of the molecule is CNCC(=O)N(C)[C@H](C(=O)O)C(C)C. The molecule has 5 heteroatoms. The largest absolute Gasteiger partial charge is 0.480 e. The van der Waals surface area contributed by atoms with Gasteiger partial charge in [-0.05, 0) is 13.0 Å². The minimum atomic E-state index is -0.966. The van der Waals surface area contributed by atoms with Gasteiger partial charge in [0, 0.05) is 7.05 Å². The van der Waals surface area contributed by atoms with Gasteiger partial charge in [-0.15, -0.1) is 0 Å². The van der Waals surface area contributed by atoms with E-state index in [9.17, 15) is 9.59 Å². The monoisotopic (exact) mass is 202 g/mol. The fraction of sp³-hybridized carbons (Fsp3) is 0.778. The van der Waals surface area contributed by atoms with Crippen molar-refractivity contribution in [3.8, 4) is 0 Å². The Balaban J connectivity index is 4.51. The first-order valence-corrected chi connectivity index (χ1v) is 4.54. The molecule has 0 fully saturated rings. The second-order valence-electron chi connectivity index (χ2n) is 3.56. The van der Waals surface area contributed by atoms with Crippen LogP contribution in [0.2, 0.25) is 0 Å². The Morgan fingerprint density at radius 2 is 1.93 bits per heavy atom. The Morgan fingerprint density at radius 1 is 1.43 bits per heavy atom. The van der Waals surface area contributed by atoms with Crippen LogP contribution in [0, 0.1) is 5.92 Å². The van der Waals surface area contributed by atoms with Gasteiger partial charge in [0.2, 0.25) is 5.91 Å². The second-order valence-corrected chi connectivity index (χ2v) is 3.56. The second kappa shape index (κ2) is 5.59. The van der Waals surface area contributed by atoms with Gasteiger partial charge in [-0.25, -0.2) is 4.79 Å². The van der Waals surface area contributed by atoms with Crippen molar-refractivity contribution in [3.05, 3.63) is 0 Å². The van der Waals surface area contributed by atoms with Crippen LogP contribution in [0.5, 0.6) is 0 Å². The van der Waals surface area contributed by atoms with Gasteiger partial charge in [0.25, 0.3) is 0 Å². The van der Waals surface area contributed by atoms with Gasteiger partial charge >= 0.3 is 5.97 Å². The lowest BCUT2D eigenvalue weighted by Gasteiger charge is -2.27. The normalized spacial score (nSPS) is 12.6. The molecule has 2 N–H and O–H groups in total. The summed E-state index contributed by atoms with van der Waals surface area (Å²) in [5.41, 5.74) is 0. The number of rotatable bonds is 5. The molecule has 0 aromatic heterocycles. The fourth-order valence-electron chi connectivity index (χ4n) is 1.33. The minimum Gasteiger partial charge on any atom is -0.480 e. The maximum Gasteiger partial charge on any atom is 0.326 e. The first-order valence-electron chi connectivity index (χ1n) is 4.54. The summed E-state index contributed by atoms with van der Waals surface area (Å²) in [5, 5.41) is 11.6. The van der Waals surface area contributed by atoms with Crippen LogP contribution in [0.3, 0.4) is 0 Å². The number of carboxylic acids is 1. The number of aliphatic carboxylic acids is 1. The summed E-state index contributed by atoms with van der Waals surface area (Å²) in [6.45, 7) is 3.72. The van der Waals surface area contributed by atoms with Crippen LogP contribution in [-0.2, 0) is 9.59 Å². The first kappa shape index (κ1) is 12.9. The van der Waals surface area contributed by atoms with Crippen molar-refractivity contribution in [1.29, 1.82) is 0 Å². The van der Waals surface area contributed by atoms with Crippen LogP contribution >= 0.6 is 0 Å². The van der Waals surface area contributed by atoms with Gasteiger partial charge in [0.15, 0.2) is 0 Å². The smallest absolute Gasteiger partial charge is 0.326 e. The number of hydrogen-bond acceptors (Lipinski definition) is 3. The van der Waals surface area contributed by atoms with Crippen molar-refractivity contribution in [2.24, 2.45) is 5.92 Å². The first-order chi connectivity index (χ1) is 6.41. The fourth-order valence-corrected chi connectivity index (χ4v) is 1.33. The molecule has 0 aromatic carbocycles. The molecule has 0 spiro atoms. The number of nitrogens with zero attached hydrogens (tertiary/aromatic N) is 1. The Hall–Kier alpha value is -1.10. The maximum atomic E-state index is 11.4. The average molecular weight is 202 g/mol. The molecular weight excluding hydrogens is 184 g/mol. The van der Waals surface area contributed by atoms with Gasteiger partial charge < -0.3 is 15.3 Å². The molecule has 1 atom stereocenters. The quantitative estimate of drug-likeness (QED) is 0.646. The number of nitrogens with one attached hydrogen (secondary N) is 1. The lowest BCUT2D eigenvalue weighted by Crippen LogP contribution is -2.48. The summed E-state index contributed by atoms with van der Waals surface area (Å²) in [4.78, 5) is 23.5. The molecule has 0 aliphatic heterocycles. The van der Waals surface area contributed by atoms with E-state index in [1.807, 2.05) is 0 Å². The third-order valence-electron chi connectivity index (χ3n) is 2.02. The molecule has 5 nitrogen and oxygen atoms in total. The predicted octanol–water partition coefficient (Wildman–Crippen LogP) is -0.227. The highest BCUT2D eigenvalue weighted by molar-refractivity contribution is 5.84. The van der Waals surface area contributed by atoms with E-state index in [0.717, 1.165) is 0 Å². The van der Waals surface area contributed by atoms with E-state index in [2.05, 4.69) is 5.32 Å². The molecule has 0 heterocycles. The van der Waals surface area contributed by atoms with Crippen molar-refractivity contribution >= 4 is 11.9 Å². The van der Waals surface area contributed by atoms with E-state index in [4.69, 9.17) is 5.11 Å². The molecule has 0 aliphatic carbocycles. The molecule has 0 aliphatic rings. The standard InChI is InChI=1S/C9H18N2O3/c1-6(2)8(9(13)14)11(4)7(12)5-10-3/h6,8,10H,5H2,1-4H3,(H,13,14)/t8-/m0/s1. The third kappa shape index (κ3) is 3.33. The molecule has 0 saturated carbocycles. The van der Waals surface area contributed by atoms with Crippen molar-refractivity contribution in [2.75, 3.05) is 20.6 Å². The predicted molar refractivity (Wildman–Crippen MR) is 53.0 cm³/mol. The van der Waals surface area contributed by atoms with E-state index in [-0.39, 0.29) is 18.4 Å². The van der Waals surface area contributed by atoms with E-state index < -0.39 is 12.0 Å². The lowest BCUT2D eigenvalue weighted by molar-refractivity contribution is -0.150. The highest BCUT2D eigenvalue weighted by atomic mass is 16.4. The zero-order valence-corrected chi connectivity index (χ0v) is 9.07. The summed E-state index contributed by atoms with van der Waals surface area (Å²) in [7, 11) is 3.16. The molecule has 0 bridgehead atoms. The van der Waals surface area contributed by atoms with Crippen molar-refractivity contribution in [3.63, 3.8) is 0 Å². The molecule has 14 heavy (non-hydrogen) atoms. The van der Waals surface area contributed by atoms with Crippen molar-refractivity contribution in [2.45, 2.75) is 19.9 Å². The molecule has 82 valence electrons. The van der Waals surface area contributed by atoms with Gasteiger partial charge in [-0.3, -0.25) is 4.79 Å². The zero-order chi connectivity index (χ0) is 11.3. The molecule has 0 unspecified atom stereocenters. The molecule has 1 amide bonds. The van der Waals surface area contributed by atoms with Crippen molar-refractivity contribution < 1.29 is 14.7 Å². The Bertz CT molecular complexity index is 216. The van der Waals surface area contributed by atoms with Crippen LogP contribution < -0.4 is 5.32 Å². The molecule has 0 radical (unpaired) electrons. The lowest BCUT2D eigenvalue weighted by atomic mass is 10.0. The number of hydrogen-bond donors (Lipinski definition) is 2. The van der Waals surface area contributed by atoms with E-state index in [1.54, 1.807) is 20.9 Å².